The van der Waals surface area contributed by atoms with E-state index in [4.69, 9.17) is 0 Å². The summed E-state index contributed by atoms with van der Waals surface area (Å²) in [5.41, 5.74) is 19.0. The summed E-state index contributed by atoms with van der Waals surface area (Å²) in [4.78, 5) is 2.73. The highest BCUT2D eigenvalue weighted by molar-refractivity contribution is 6.12. The molecule has 71 heavy (non-hydrogen) atoms. The van der Waals surface area contributed by atoms with Gasteiger partial charge in [-0.05, 0) is 192 Å². The summed E-state index contributed by atoms with van der Waals surface area (Å²) >= 11 is 0. The van der Waals surface area contributed by atoms with E-state index in [0.717, 1.165) is 30.1 Å². The van der Waals surface area contributed by atoms with Crippen LogP contribution in [0.2, 0.25) is 0 Å². The molecular formula is C70H59N. The van der Waals surface area contributed by atoms with Crippen molar-refractivity contribution in [2.24, 2.45) is 29.1 Å². The number of benzene rings is 9. The number of anilines is 2. The van der Waals surface area contributed by atoms with Crippen LogP contribution in [0, 0.1) is 29.1 Å². The van der Waals surface area contributed by atoms with Gasteiger partial charge in [-0.25, -0.2) is 0 Å². The summed E-state index contributed by atoms with van der Waals surface area (Å²) in [5.74, 6) is 4.06. The molecule has 7 aliphatic carbocycles. The number of rotatable bonds is 7. The minimum atomic E-state index is 0.0680. The molecule has 5 saturated carbocycles. The summed E-state index contributed by atoms with van der Waals surface area (Å²) in [5, 5.41) is 8.01. The van der Waals surface area contributed by atoms with E-state index in [1.54, 1.807) is 16.7 Å². The first-order valence-electron chi connectivity index (χ1n) is 27.2. The summed E-state index contributed by atoms with van der Waals surface area (Å²) < 4.78 is 0. The fourth-order valence-corrected chi connectivity index (χ4v) is 17.5. The Hall–Kier alpha value is -6.96. The Kier molecular flexibility index (Phi) is 8.76. The Balaban J connectivity index is 0.869. The highest BCUT2D eigenvalue weighted by Gasteiger charge is 2.84. The van der Waals surface area contributed by atoms with Crippen LogP contribution in [-0.4, -0.2) is 6.04 Å². The van der Waals surface area contributed by atoms with Gasteiger partial charge >= 0.3 is 0 Å². The Morgan fingerprint density at radius 3 is 2.11 bits per heavy atom. The molecule has 1 heteroatoms. The van der Waals surface area contributed by atoms with Gasteiger partial charge in [-0.3, -0.25) is 0 Å². The third-order valence-electron chi connectivity index (χ3n) is 20.1. The normalized spacial score (nSPS) is 26.5. The first-order chi connectivity index (χ1) is 35.2. The molecule has 2 bridgehead atoms. The zero-order valence-corrected chi connectivity index (χ0v) is 40.5. The van der Waals surface area contributed by atoms with Crippen molar-refractivity contribution in [2.75, 3.05) is 4.90 Å². The summed E-state index contributed by atoms with van der Waals surface area (Å²) in [6.07, 6.45) is 20.5. The molecule has 9 aromatic rings. The Bertz CT molecular complexity index is 3730. The van der Waals surface area contributed by atoms with E-state index in [1.807, 2.05) is 0 Å². The third-order valence-corrected chi connectivity index (χ3v) is 20.1. The fourth-order valence-electron chi connectivity index (χ4n) is 17.5. The van der Waals surface area contributed by atoms with Gasteiger partial charge in [-0.2, -0.15) is 0 Å². The smallest absolute Gasteiger partial charge is 0.0632 e. The van der Waals surface area contributed by atoms with Crippen molar-refractivity contribution in [1.82, 2.24) is 0 Å². The minimum absolute atomic E-state index is 0.0680. The van der Waals surface area contributed by atoms with Gasteiger partial charge in [0.25, 0.3) is 0 Å². The number of para-hydroxylation sites is 1. The van der Waals surface area contributed by atoms with Crippen LogP contribution in [0.3, 0.4) is 0 Å². The van der Waals surface area contributed by atoms with Gasteiger partial charge in [0.1, 0.15) is 0 Å². The summed E-state index contributed by atoms with van der Waals surface area (Å²) in [7, 11) is 0. The molecule has 0 amide bonds. The zero-order chi connectivity index (χ0) is 46.4. The van der Waals surface area contributed by atoms with Gasteiger partial charge in [0.15, 0.2) is 0 Å². The molecule has 7 atom stereocenters. The average Bonchev–Trinajstić information content (AvgIpc) is 4.12. The average molecular weight is 914 g/mol. The van der Waals surface area contributed by atoms with Crippen LogP contribution in [-0.2, 0) is 5.41 Å². The topological polar surface area (TPSA) is 3.24 Å². The predicted molar refractivity (Wildman–Crippen MR) is 297 cm³/mol. The number of allylic oxidation sites excluding steroid dienone is 2. The molecule has 0 aromatic heterocycles. The van der Waals surface area contributed by atoms with E-state index in [2.05, 4.69) is 205 Å². The lowest BCUT2D eigenvalue weighted by Crippen LogP contribution is -2.73. The van der Waals surface area contributed by atoms with E-state index >= 15 is 0 Å². The maximum Gasteiger partial charge on any atom is 0.0632 e. The quantitative estimate of drug-likeness (QED) is 0.144. The van der Waals surface area contributed by atoms with E-state index in [9.17, 15) is 0 Å². The van der Waals surface area contributed by atoms with Crippen LogP contribution >= 0.6 is 0 Å². The highest BCUT2D eigenvalue weighted by Crippen LogP contribution is 2.89. The number of nitrogens with zero attached hydrogens (tertiary/aromatic N) is 1. The Morgan fingerprint density at radius 2 is 1.21 bits per heavy atom. The summed E-state index contributed by atoms with van der Waals surface area (Å²) in [6, 6.07) is 70.8. The molecular weight excluding hydrogens is 855 g/mol. The number of hydrogen-bond donors (Lipinski definition) is 0. The lowest BCUT2D eigenvalue weighted by atomic mass is 9.27. The molecule has 0 saturated heterocycles. The largest absolute Gasteiger partial charge is 0.333 e. The first kappa shape index (κ1) is 40.7. The minimum Gasteiger partial charge on any atom is -0.333 e. The second kappa shape index (κ2) is 15.3. The van der Waals surface area contributed by atoms with Crippen LogP contribution in [0.4, 0.5) is 11.4 Å². The van der Waals surface area contributed by atoms with E-state index in [1.165, 1.54) is 146 Å². The van der Waals surface area contributed by atoms with Crippen molar-refractivity contribution in [3.05, 3.63) is 222 Å². The summed E-state index contributed by atoms with van der Waals surface area (Å²) in [6.45, 7) is 0. The maximum absolute atomic E-state index is 2.73. The Morgan fingerprint density at radius 1 is 0.493 bits per heavy atom. The first-order valence-corrected chi connectivity index (χ1v) is 27.2. The second-order valence-electron chi connectivity index (χ2n) is 22.9. The van der Waals surface area contributed by atoms with Crippen molar-refractivity contribution in [3.63, 3.8) is 0 Å². The molecule has 0 aliphatic heterocycles. The Labute approximate surface area is 418 Å². The lowest BCUT2D eigenvalue weighted by molar-refractivity contribution is -0.231. The van der Waals surface area contributed by atoms with Gasteiger partial charge in [0.05, 0.1) is 6.04 Å². The van der Waals surface area contributed by atoms with Gasteiger partial charge in [-0.15, -0.1) is 0 Å². The van der Waals surface area contributed by atoms with Gasteiger partial charge < -0.3 is 4.90 Å². The molecule has 0 heterocycles. The molecule has 0 radical (unpaired) electrons. The van der Waals surface area contributed by atoms with Crippen molar-refractivity contribution in [2.45, 2.75) is 81.6 Å². The van der Waals surface area contributed by atoms with E-state index < -0.39 is 0 Å². The molecule has 7 unspecified atom stereocenters. The van der Waals surface area contributed by atoms with E-state index in [0.29, 0.717) is 11.3 Å². The van der Waals surface area contributed by atoms with Crippen molar-refractivity contribution in [1.29, 1.82) is 0 Å². The highest BCUT2D eigenvalue weighted by atomic mass is 15.2. The van der Waals surface area contributed by atoms with Crippen LogP contribution in [0.1, 0.15) is 92.4 Å². The molecule has 0 N–H and O–H groups in total. The van der Waals surface area contributed by atoms with Crippen LogP contribution in [0.25, 0.3) is 71.3 Å². The molecule has 2 spiro atoms. The number of hydrogen-bond acceptors (Lipinski definition) is 1. The van der Waals surface area contributed by atoms with Crippen molar-refractivity contribution < 1.29 is 0 Å². The van der Waals surface area contributed by atoms with Crippen molar-refractivity contribution in [3.8, 4) is 33.4 Å². The molecule has 7 aliphatic rings. The molecule has 16 rings (SSSR count). The maximum atomic E-state index is 2.73. The predicted octanol–water partition coefficient (Wildman–Crippen LogP) is 18.4. The van der Waals surface area contributed by atoms with Crippen LogP contribution < -0.4 is 4.90 Å². The van der Waals surface area contributed by atoms with Gasteiger partial charge in [-0.1, -0.05) is 195 Å². The molecule has 1 nitrogen and oxygen atoms in total. The SMILES string of the molecule is C1=CCC(N(c2ccc(-c3cccc4c3ccc3ccccc34)cc2)c2ccccc2-c2ccc3c(c2)C2(c4ccccc4-3)C3CC4CC5CC2C53C4)C(c2cccc3cccc(C4CCCCC4)c23)=C1. The third kappa shape index (κ3) is 5.53. The standard InChI is InChI=1S/C70H59N/c1-2-15-45(16-3-1)55-25-12-18-48-19-13-27-61(68(48)55)60-23-8-11-30-65(60)71(51-35-31-47(32-36-51)53-24-14-26-56-52-20-5-4-17-46(52)33-37-57(53)56)64-29-10-7-21-54(64)49-34-38-59-58-22-6-9-28-62(58)70(63(59)41-49)66-40-44-39-50-42-67(70)69(50,66)43-44/h4-14,17-29,31-38,41,44-45,50,65-67H,1-3,15-16,30,39-40,42-43H2. The zero-order valence-electron chi connectivity index (χ0n) is 40.5. The fraction of sp³-hybridized carbons (Fsp3) is 0.257. The van der Waals surface area contributed by atoms with E-state index in [-0.39, 0.29) is 11.5 Å². The van der Waals surface area contributed by atoms with Crippen molar-refractivity contribution >= 4 is 49.3 Å². The monoisotopic (exact) mass is 913 g/mol. The van der Waals surface area contributed by atoms with Gasteiger partial charge in [0.2, 0.25) is 0 Å². The van der Waals surface area contributed by atoms with Crippen LogP contribution in [0.15, 0.2) is 200 Å². The lowest BCUT2D eigenvalue weighted by Gasteiger charge is -2.76. The molecule has 9 aromatic carbocycles. The van der Waals surface area contributed by atoms with Crippen LogP contribution in [0.5, 0.6) is 0 Å². The number of fused-ring (bicyclic) bond motifs is 12. The molecule has 344 valence electrons. The second-order valence-corrected chi connectivity index (χ2v) is 22.9. The molecule has 5 fully saturated rings. The van der Waals surface area contributed by atoms with Gasteiger partial charge in [0, 0.05) is 22.4 Å².